The van der Waals surface area contributed by atoms with Crippen molar-refractivity contribution in [2.45, 2.75) is 28.9 Å². The van der Waals surface area contributed by atoms with Gasteiger partial charge in [-0.05, 0) is 63.1 Å². The molecule has 1 aromatic heterocycles. The first kappa shape index (κ1) is 12.6. The van der Waals surface area contributed by atoms with E-state index in [0.717, 1.165) is 27.4 Å². The highest BCUT2D eigenvalue weighted by Gasteiger charge is 2.28. The smallest absolute Gasteiger partial charge is 0.214 e. The molecule has 1 aliphatic rings. The van der Waals surface area contributed by atoms with Crippen molar-refractivity contribution in [2.75, 3.05) is 0 Å². The van der Waals surface area contributed by atoms with Crippen LogP contribution in [0.25, 0.3) is 0 Å². The van der Waals surface area contributed by atoms with Crippen LogP contribution in [0.3, 0.4) is 0 Å². The summed E-state index contributed by atoms with van der Waals surface area (Å²) < 4.78 is 2.64. The van der Waals surface area contributed by atoms with Crippen LogP contribution in [0.5, 0.6) is 0 Å². The van der Waals surface area contributed by atoms with E-state index in [2.05, 4.69) is 31.5 Å². The van der Waals surface area contributed by atoms with Gasteiger partial charge in [0.25, 0.3) is 0 Å². The molecule has 0 atom stereocenters. The normalized spacial score (nSPS) is 14.6. The summed E-state index contributed by atoms with van der Waals surface area (Å²) in [5, 5.41) is 20.2. The second-order valence-corrected chi connectivity index (χ2v) is 6.13. The standard InChI is InChI=1S/C11H11BrN6S/c12-7-2-1-3-8(9(7)10(13)14)19-11-15-16-17-18(11)6-4-5-6/h1-3,6H,4-5H2,(H3,13,14). The van der Waals surface area contributed by atoms with Gasteiger partial charge in [0.2, 0.25) is 5.16 Å². The Balaban J connectivity index is 1.97. The predicted molar refractivity (Wildman–Crippen MR) is 75.4 cm³/mol. The first-order valence-corrected chi connectivity index (χ1v) is 7.36. The highest BCUT2D eigenvalue weighted by atomic mass is 79.9. The van der Waals surface area contributed by atoms with E-state index in [0.29, 0.717) is 11.6 Å². The van der Waals surface area contributed by atoms with E-state index in [9.17, 15) is 0 Å². The average Bonchev–Trinajstić information content (AvgIpc) is 3.10. The fourth-order valence-electron chi connectivity index (χ4n) is 1.75. The molecule has 0 aliphatic heterocycles. The quantitative estimate of drug-likeness (QED) is 0.658. The Kier molecular flexibility index (Phi) is 3.28. The largest absolute Gasteiger partial charge is 0.384 e. The van der Waals surface area contributed by atoms with E-state index in [4.69, 9.17) is 11.1 Å². The van der Waals surface area contributed by atoms with E-state index in [1.165, 1.54) is 11.8 Å². The van der Waals surface area contributed by atoms with Gasteiger partial charge in [-0.25, -0.2) is 4.68 Å². The van der Waals surface area contributed by atoms with Gasteiger partial charge < -0.3 is 5.73 Å². The van der Waals surface area contributed by atoms with Gasteiger partial charge >= 0.3 is 0 Å². The number of aromatic nitrogens is 4. The van der Waals surface area contributed by atoms with Crippen molar-refractivity contribution in [3.63, 3.8) is 0 Å². The maximum atomic E-state index is 7.67. The van der Waals surface area contributed by atoms with Crippen LogP contribution in [0.1, 0.15) is 24.4 Å². The van der Waals surface area contributed by atoms with Crippen molar-refractivity contribution in [1.82, 2.24) is 20.2 Å². The lowest BCUT2D eigenvalue weighted by atomic mass is 10.2. The highest BCUT2D eigenvalue weighted by Crippen LogP contribution is 2.39. The molecule has 0 spiro atoms. The Morgan fingerprint density at radius 2 is 2.26 bits per heavy atom. The summed E-state index contributed by atoms with van der Waals surface area (Å²) in [6.07, 6.45) is 2.24. The molecule has 3 rings (SSSR count). The number of nitrogens with one attached hydrogen (secondary N) is 1. The first-order chi connectivity index (χ1) is 9.16. The third-order valence-corrected chi connectivity index (χ3v) is 4.47. The van der Waals surface area contributed by atoms with E-state index in [1.54, 1.807) is 0 Å². The van der Waals surface area contributed by atoms with Crippen molar-refractivity contribution in [1.29, 1.82) is 5.41 Å². The summed E-state index contributed by atoms with van der Waals surface area (Å²) in [5.74, 6) is 0.0282. The lowest BCUT2D eigenvalue weighted by Gasteiger charge is -2.09. The molecule has 8 heteroatoms. The van der Waals surface area contributed by atoms with Gasteiger partial charge in [-0.3, -0.25) is 5.41 Å². The van der Waals surface area contributed by atoms with Crippen LogP contribution in [0.4, 0.5) is 0 Å². The zero-order chi connectivity index (χ0) is 13.4. The lowest BCUT2D eigenvalue weighted by molar-refractivity contribution is 0.565. The van der Waals surface area contributed by atoms with Crippen LogP contribution < -0.4 is 5.73 Å². The predicted octanol–water partition coefficient (Wildman–Crippen LogP) is 2.21. The number of halogens is 1. The fraction of sp³-hybridized carbons (Fsp3) is 0.273. The Bertz CT molecular complexity index is 636. The second-order valence-electron chi connectivity index (χ2n) is 4.27. The molecule has 0 amide bonds. The molecule has 98 valence electrons. The Morgan fingerprint density at radius 1 is 1.47 bits per heavy atom. The first-order valence-electron chi connectivity index (χ1n) is 5.75. The number of amidine groups is 1. The molecule has 1 aliphatic carbocycles. The molecule has 2 aromatic rings. The molecule has 0 bridgehead atoms. The van der Waals surface area contributed by atoms with Gasteiger partial charge in [0.05, 0.1) is 6.04 Å². The number of rotatable bonds is 4. The monoisotopic (exact) mass is 338 g/mol. The van der Waals surface area contributed by atoms with Gasteiger partial charge in [-0.1, -0.05) is 6.07 Å². The van der Waals surface area contributed by atoms with Crippen molar-refractivity contribution in [3.05, 3.63) is 28.2 Å². The molecular formula is C11H11BrN6S. The van der Waals surface area contributed by atoms with Gasteiger partial charge in [0, 0.05) is 14.9 Å². The van der Waals surface area contributed by atoms with Crippen LogP contribution >= 0.6 is 27.7 Å². The van der Waals surface area contributed by atoms with E-state index in [1.807, 2.05) is 22.9 Å². The zero-order valence-corrected chi connectivity index (χ0v) is 12.3. The summed E-state index contributed by atoms with van der Waals surface area (Å²) >= 11 is 4.85. The minimum absolute atomic E-state index is 0.0282. The summed E-state index contributed by atoms with van der Waals surface area (Å²) in [6, 6.07) is 6.11. The Morgan fingerprint density at radius 3 is 2.95 bits per heavy atom. The minimum Gasteiger partial charge on any atom is -0.384 e. The van der Waals surface area contributed by atoms with Crippen LogP contribution in [0.2, 0.25) is 0 Å². The van der Waals surface area contributed by atoms with Crippen LogP contribution in [-0.4, -0.2) is 26.0 Å². The maximum Gasteiger partial charge on any atom is 0.214 e. The summed E-state index contributed by atoms with van der Waals surface area (Å²) in [7, 11) is 0. The Hall–Kier alpha value is -1.41. The number of nitrogens with two attached hydrogens (primary N) is 1. The van der Waals surface area contributed by atoms with E-state index in [-0.39, 0.29) is 5.84 Å². The van der Waals surface area contributed by atoms with Gasteiger partial charge in [0.1, 0.15) is 5.84 Å². The molecule has 1 saturated carbocycles. The van der Waals surface area contributed by atoms with Crippen LogP contribution in [0.15, 0.2) is 32.7 Å². The SMILES string of the molecule is N=C(N)c1c(Br)cccc1Sc1nnnn1C1CC1. The average molecular weight is 339 g/mol. The second kappa shape index (κ2) is 4.93. The number of nitrogens with zero attached hydrogens (tertiary/aromatic N) is 4. The molecular weight excluding hydrogens is 328 g/mol. The van der Waals surface area contributed by atoms with Gasteiger partial charge in [0.15, 0.2) is 0 Å². The Labute approximate surface area is 122 Å². The lowest BCUT2D eigenvalue weighted by Crippen LogP contribution is -2.13. The van der Waals surface area contributed by atoms with Crippen LogP contribution in [0, 0.1) is 5.41 Å². The number of nitrogen functional groups attached to an aromatic ring is 1. The summed E-state index contributed by atoms with van der Waals surface area (Å²) in [4.78, 5) is 0.874. The molecule has 0 unspecified atom stereocenters. The molecule has 1 heterocycles. The molecule has 1 fully saturated rings. The van der Waals surface area contributed by atoms with E-state index >= 15 is 0 Å². The van der Waals surface area contributed by atoms with Crippen molar-refractivity contribution >= 4 is 33.5 Å². The minimum atomic E-state index is 0.0282. The van der Waals surface area contributed by atoms with Crippen molar-refractivity contribution in [2.24, 2.45) is 5.73 Å². The molecule has 19 heavy (non-hydrogen) atoms. The number of benzene rings is 1. The molecule has 0 radical (unpaired) electrons. The third kappa shape index (κ3) is 2.50. The van der Waals surface area contributed by atoms with Gasteiger partial charge in [-0.15, -0.1) is 5.10 Å². The zero-order valence-electron chi connectivity index (χ0n) is 9.88. The van der Waals surface area contributed by atoms with Gasteiger partial charge in [-0.2, -0.15) is 0 Å². The topological polar surface area (TPSA) is 93.5 Å². The molecule has 6 nitrogen and oxygen atoms in total. The maximum absolute atomic E-state index is 7.67. The number of tetrazole rings is 1. The molecule has 0 saturated heterocycles. The van der Waals surface area contributed by atoms with Crippen molar-refractivity contribution in [3.8, 4) is 0 Å². The summed E-state index contributed by atoms with van der Waals surface area (Å²) in [5.41, 5.74) is 6.31. The molecule has 3 N–H and O–H groups in total. The van der Waals surface area contributed by atoms with E-state index < -0.39 is 0 Å². The van der Waals surface area contributed by atoms with Crippen molar-refractivity contribution < 1.29 is 0 Å². The fourth-order valence-corrected chi connectivity index (χ4v) is 3.48. The van der Waals surface area contributed by atoms with Crippen LogP contribution in [-0.2, 0) is 0 Å². The third-order valence-electron chi connectivity index (χ3n) is 2.80. The molecule has 1 aromatic carbocycles. The number of hydrogen-bond acceptors (Lipinski definition) is 5. The highest BCUT2D eigenvalue weighted by molar-refractivity contribution is 9.10. The summed E-state index contributed by atoms with van der Waals surface area (Å²) in [6.45, 7) is 0. The number of hydrogen-bond donors (Lipinski definition) is 2.